The van der Waals surface area contributed by atoms with Gasteiger partial charge in [-0.1, -0.05) is 0 Å². The van der Waals surface area contributed by atoms with E-state index in [-0.39, 0.29) is 23.4 Å². The summed E-state index contributed by atoms with van der Waals surface area (Å²) in [5.74, 6) is -1.37. The first-order chi connectivity index (χ1) is 10.2. The molecule has 0 aromatic carbocycles. The highest BCUT2D eigenvalue weighted by molar-refractivity contribution is 6.08. The molecule has 0 bridgehead atoms. The van der Waals surface area contributed by atoms with Gasteiger partial charge in [0.2, 0.25) is 6.20 Å². The fourth-order valence-electron chi connectivity index (χ4n) is 2.16. The second-order valence-corrected chi connectivity index (χ2v) is 5.85. The number of rotatable bonds is 2. The molecule has 22 heavy (non-hydrogen) atoms. The SMILES string of the molecule is CC(C)(C)OC(=O)N1Cc2c(cc[n+](O)c2C(=O)CO)C1=O. The van der Waals surface area contributed by atoms with Crippen molar-refractivity contribution in [3.8, 4) is 0 Å². The van der Waals surface area contributed by atoms with Crippen LogP contribution in [0.2, 0.25) is 0 Å². The molecular weight excluding hydrogens is 292 g/mol. The predicted octanol–water partition coefficient (Wildman–Crippen LogP) is 0.277. The summed E-state index contributed by atoms with van der Waals surface area (Å²) in [6.45, 7) is 3.98. The molecule has 8 heteroatoms. The van der Waals surface area contributed by atoms with Gasteiger partial charge >= 0.3 is 11.8 Å². The first-order valence-electron chi connectivity index (χ1n) is 6.61. The fourth-order valence-corrected chi connectivity index (χ4v) is 2.16. The zero-order valence-corrected chi connectivity index (χ0v) is 12.5. The first kappa shape index (κ1) is 15.9. The molecule has 0 atom stereocenters. The van der Waals surface area contributed by atoms with Crippen LogP contribution >= 0.6 is 0 Å². The molecule has 1 aromatic heterocycles. The Morgan fingerprint density at radius 1 is 1.41 bits per heavy atom. The first-order valence-corrected chi connectivity index (χ1v) is 6.61. The number of nitrogens with zero attached hydrogens (tertiary/aromatic N) is 2. The molecule has 0 spiro atoms. The number of carbonyl (C=O) groups excluding carboxylic acids is 3. The van der Waals surface area contributed by atoms with Gasteiger partial charge in [0, 0.05) is 10.8 Å². The summed E-state index contributed by atoms with van der Waals surface area (Å²) in [6.07, 6.45) is 0.277. The maximum absolute atomic E-state index is 12.3. The van der Waals surface area contributed by atoms with E-state index in [1.807, 2.05) is 0 Å². The number of aliphatic hydroxyl groups excluding tert-OH is 1. The topological polar surface area (TPSA) is 108 Å². The van der Waals surface area contributed by atoms with Gasteiger partial charge in [-0.15, -0.1) is 0 Å². The van der Waals surface area contributed by atoms with Gasteiger partial charge < -0.3 is 9.84 Å². The van der Waals surface area contributed by atoms with Crippen LogP contribution in [0, 0.1) is 0 Å². The summed E-state index contributed by atoms with van der Waals surface area (Å²) in [7, 11) is 0. The van der Waals surface area contributed by atoms with Gasteiger partial charge in [-0.2, -0.15) is 0 Å². The molecule has 2 N–H and O–H groups in total. The Labute approximate surface area is 126 Å². The molecule has 0 saturated heterocycles. The van der Waals surface area contributed by atoms with Crippen molar-refractivity contribution in [2.75, 3.05) is 6.61 Å². The number of pyridine rings is 1. The number of fused-ring (bicyclic) bond motifs is 1. The predicted molar refractivity (Wildman–Crippen MR) is 71.3 cm³/mol. The lowest BCUT2D eigenvalue weighted by atomic mass is 10.1. The Bertz CT molecular complexity index is 662. The zero-order chi connectivity index (χ0) is 16.7. The molecule has 0 saturated carbocycles. The van der Waals surface area contributed by atoms with Crippen molar-refractivity contribution in [1.82, 2.24) is 4.90 Å². The van der Waals surface area contributed by atoms with Crippen LogP contribution in [0.3, 0.4) is 0 Å². The second-order valence-electron chi connectivity index (χ2n) is 5.85. The third-order valence-corrected chi connectivity index (χ3v) is 3.04. The number of imide groups is 1. The van der Waals surface area contributed by atoms with Crippen molar-refractivity contribution in [3.63, 3.8) is 0 Å². The van der Waals surface area contributed by atoms with Gasteiger partial charge in [-0.05, 0) is 20.8 Å². The van der Waals surface area contributed by atoms with Crippen LogP contribution in [0.5, 0.6) is 0 Å². The van der Waals surface area contributed by atoms with Crippen molar-refractivity contribution >= 4 is 17.8 Å². The number of ether oxygens (including phenoxy) is 1. The van der Waals surface area contributed by atoms with Gasteiger partial charge in [-0.3, -0.25) is 14.8 Å². The average molecular weight is 309 g/mol. The van der Waals surface area contributed by atoms with Crippen LogP contribution in [-0.4, -0.2) is 45.2 Å². The Hall–Kier alpha value is -2.48. The maximum atomic E-state index is 12.3. The van der Waals surface area contributed by atoms with Gasteiger partial charge in [-0.25, -0.2) is 9.69 Å². The van der Waals surface area contributed by atoms with E-state index in [2.05, 4.69) is 0 Å². The Balaban J connectivity index is 2.39. The zero-order valence-electron chi connectivity index (χ0n) is 12.5. The molecule has 118 valence electrons. The monoisotopic (exact) mass is 309 g/mol. The number of amides is 2. The van der Waals surface area contributed by atoms with Crippen molar-refractivity contribution in [2.24, 2.45) is 0 Å². The molecular formula is C14H17N2O6+. The van der Waals surface area contributed by atoms with Crippen molar-refractivity contribution in [1.29, 1.82) is 0 Å². The minimum absolute atomic E-state index is 0.118. The van der Waals surface area contributed by atoms with Crippen LogP contribution in [-0.2, 0) is 11.3 Å². The number of Topliss-reactive ketones (excluding diaryl/α,β-unsaturated/α-hetero) is 1. The Kier molecular flexibility index (Phi) is 3.89. The average Bonchev–Trinajstić information content (AvgIpc) is 2.73. The van der Waals surface area contributed by atoms with E-state index in [1.54, 1.807) is 20.8 Å². The molecule has 1 aliphatic heterocycles. The quantitative estimate of drug-likeness (QED) is 0.461. The second kappa shape index (κ2) is 5.38. The van der Waals surface area contributed by atoms with Crippen LogP contribution < -0.4 is 4.73 Å². The Morgan fingerprint density at radius 2 is 2.05 bits per heavy atom. The lowest BCUT2D eigenvalue weighted by Gasteiger charge is -2.23. The molecule has 1 aromatic rings. The third-order valence-electron chi connectivity index (χ3n) is 3.04. The van der Waals surface area contributed by atoms with E-state index >= 15 is 0 Å². The summed E-state index contributed by atoms with van der Waals surface area (Å²) in [4.78, 5) is 36.9. The number of aromatic nitrogens is 1. The van der Waals surface area contributed by atoms with Gasteiger partial charge in [0.15, 0.2) is 0 Å². The van der Waals surface area contributed by atoms with E-state index in [1.165, 1.54) is 6.07 Å². The highest BCUT2D eigenvalue weighted by Gasteiger charge is 2.41. The van der Waals surface area contributed by atoms with Gasteiger partial charge in [0.25, 0.3) is 11.7 Å². The normalized spacial score (nSPS) is 14.0. The van der Waals surface area contributed by atoms with Crippen molar-refractivity contribution in [2.45, 2.75) is 32.9 Å². The molecule has 2 amide bonds. The highest BCUT2D eigenvalue weighted by atomic mass is 16.6. The molecule has 2 heterocycles. The van der Waals surface area contributed by atoms with Crippen LogP contribution in [0.25, 0.3) is 0 Å². The fraction of sp³-hybridized carbons (Fsp3) is 0.429. The number of hydrogen-bond acceptors (Lipinski definition) is 6. The highest BCUT2D eigenvalue weighted by Crippen LogP contribution is 2.26. The van der Waals surface area contributed by atoms with E-state index in [0.29, 0.717) is 4.73 Å². The van der Waals surface area contributed by atoms with E-state index in [9.17, 15) is 19.6 Å². The molecule has 1 aliphatic rings. The van der Waals surface area contributed by atoms with Crippen molar-refractivity contribution in [3.05, 3.63) is 29.1 Å². The number of ketones is 1. The summed E-state index contributed by atoms with van der Waals surface area (Å²) >= 11 is 0. The lowest BCUT2D eigenvalue weighted by molar-refractivity contribution is -0.906. The summed E-state index contributed by atoms with van der Waals surface area (Å²) < 4.78 is 5.67. The number of carbonyl (C=O) groups is 3. The smallest absolute Gasteiger partial charge is 0.417 e. The lowest BCUT2D eigenvalue weighted by Crippen LogP contribution is -2.40. The molecule has 0 fully saturated rings. The molecule has 0 radical (unpaired) electrons. The number of aliphatic hydroxyl groups is 1. The van der Waals surface area contributed by atoms with Crippen LogP contribution in [0.1, 0.15) is 47.2 Å². The summed E-state index contributed by atoms with van der Waals surface area (Å²) in [5, 5.41) is 18.7. The van der Waals surface area contributed by atoms with Crippen LogP contribution in [0.4, 0.5) is 4.79 Å². The summed E-state index contributed by atoms with van der Waals surface area (Å²) in [6, 6.07) is 1.30. The van der Waals surface area contributed by atoms with E-state index in [0.717, 1.165) is 11.1 Å². The minimum Gasteiger partial charge on any atom is -0.443 e. The van der Waals surface area contributed by atoms with Crippen LogP contribution in [0.15, 0.2) is 12.3 Å². The minimum atomic E-state index is -0.833. The molecule has 0 unspecified atom stereocenters. The molecule has 8 nitrogen and oxygen atoms in total. The maximum Gasteiger partial charge on any atom is 0.417 e. The largest absolute Gasteiger partial charge is 0.443 e. The van der Waals surface area contributed by atoms with E-state index < -0.39 is 30.0 Å². The van der Waals surface area contributed by atoms with Crippen molar-refractivity contribution < 1.29 is 34.2 Å². The third kappa shape index (κ3) is 2.77. The Morgan fingerprint density at radius 3 is 2.59 bits per heavy atom. The molecule has 2 rings (SSSR count). The summed E-state index contributed by atoms with van der Waals surface area (Å²) in [5.41, 5.74) is -0.695. The van der Waals surface area contributed by atoms with E-state index in [4.69, 9.17) is 9.84 Å². The standard InChI is InChI=1S/C14H17N2O6/c1-14(2,3)22-13(20)15-6-9-8(12(15)19)4-5-16(21)11(9)10(18)7-17/h4-5,17,21H,6-7H2,1-3H3/q+1. The van der Waals surface area contributed by atoms with Gasteiger partial charge in [0.1, 0.15) is 12.2 Å². The molecule has 0 aliphatic carbocycles. The van der Waals surface area contributed by atoms with Gasteiger partial charge in [0.05, 0.1) is 17.7 Å². The number of hydrogen-bond donors (Lipinski definition) is 2.